The Labute approximate surface area is 126 Å². The molecule has 2 atom stereocenters. The summed E-state index contributed by atoms with van der Waals surface area (Å²) < 4.78 is 0.686. The molecule has 1 heterocycles. The number of hydrogen-bond donors (Lipinski definition) is 1. The van der Waals surface area contributed by atoms with E-state index in [1.807, 2.05) is 0 Å². The molecule has 2 amide bonds. The highest BCUT2D eigenvalue weighted by molar-refractivity contribution is 9.10. The van der Waals surface area contributed by atoms with E-state index >= 15 is 0 Å². The first-order chi connectivity index (χ1) is 9.52. The fraction of sp³-hybridized carbons (Fsp3) is 0.467. The number of nitrogens with zero attached hydrogens (tertiary/aromatic N) is 1. The van der Waals surface area contributed by atoms with Gasteiger partial charge >= 0.3 is 0 Å². The van der Waals surface area contributed by atoms with Crippen molar-refractivity contribution in [3.05, 3.63) is 22.7 Å². The summed E-state index contributed by atoms with van der Waals surface area (Å²) in [5.41, 5.74) is 6.92. The maximum Gasteiger partial charge on any atom is 0.237 e. The van der Waals surface area contributed by atoms with Crippen LogP contribution in [0.3, 0.4) is 0 Å². The lowest BCUT2D eigenvalue weighted by atomic mass is 10.00. The van der Waals surface area contributed by atoms with Crippen LogP contribution in [0.15, 0.2) is 22.7 Å². The second kappa shape index (κ2) is 4.88. The lowest BCUT2D eigenvalue weighted by Gasteiger charge is -2.19. The van der Waals surface area contributed by atoms with Crippen molar-refractivity contribution >= 4 is 39.1 Å². The molecule has 2 aliphatic rings. The molecule has 0 aromatic heterocycles. The zero-order chi connectivity index (χ0) is 14.4. The van der Waals surface area contributed by atoms with E-state index in [2.05, 4.69) is 22.9 Å². The third-order valence-corrected chi connectivity index (χ3v) is 5.16. The standard InChI is InChI=1S/C15H17BrN2O2/c1-2-8-5-10-11(6-8)15(20)18(14(10)19)13-4-3-9(17)7-12(13)16/h3-4,7-8,10-11H,2,5-6,17H2,1H3. The Kier molecular flexibility index (Phi) is 3.32. The first-order valence-electron chi connectivity index (χ1n) is 6.95. The summed E-state index contributed by atoms with van der Waals surface area (Å²) in [6.07, 6.45) is 2.72. The predicted octanol–water partition coefficient (Wildman–Crippen LogP) is 2.96. The van der Waals surface area contributed by atoms with Gasteiger partial charge in [-0.2, -0.15) is 0 Å². The van der Waals surface area contributed by atoms with Crippen molar-refractivity contribution in [3.63, 3.8) is 0 Å². The van der Waals surface area contributed by atoms with E-state index < -0.39 is 0 Å². The predicted molar refractivity (Wildman–Crippen MR) is 81.0 cm³/mol. The van der Waals surface area contributed by atoms with E-state index in [9.17, 15) is 9.59 Å². The van der Waals surface area contributed by atoms with Gasteiger partial charge in [-0.15, -0.1) is 0 Å². The molecule has 2 unspecified atom stereocenters. The molecule has 1 aromatic carbocycles. The molecule has 0 radical (unpaired) electrons. The van der Waals surface area contributed by atoms with Crippen molar-refractivity contribution in [3.8, 4) is 0 Å². The number of carbonyl (C=O) groups is 2. The first kappa shape index (κ1) is 13.6. The van der Waals surface area contributed by atoms with Crippen LogP contribution in [-0.4, -0.2) is 11.8 Å². The third kappa shape index (κ3) is 1.95. The quantitative estimate of drug-likeness (QED) is 0.667. The average Bonchev–Trinajstić information content (AvgIpc) is 2.93. The number of nitrogens with two attached hydrogens (primary N) is 1. The van der Waals surface area contributed by atoms with Gasteiger partial charge in [0, 0.05) is 10.2 Å². The summed E-state index contributed by atoms with van der Waals surface area (Å²) in [4.78, 5) is 26.4. The van der Waals surface area contributed by atoms with E-state index in [1.54, 1.807) is 18.2 Å². The summed E-state index contributed by atoms with van der Waals surface area (Å²) in [6.45, 7) is 2.12. The van der Waals surface area contributed by atoms with Gasteiger partial charge in [0.1, 0.15) is 0 Å². The number of fused-ring (bicyclic) bond motifs is 1. The molecule has 106 valence electrons. The van der Waals surface area contributed by atoms with Gasteiger partial charge in [-0.3, -0.25) is 9.59 Å². The summed E-state index contributed by atoms with van der Waals surface area (Å²) in [5.74, 6) is 0.145. The van der Waals surface area contributed by atoms with E-state index in [-0.39, 0.29) is 23.7 Å². The summed E-state index contributed by atoms with van der Waals surface area (Å²) in [5, 5.41) is 0. The minimum Gasteiger partial charge on any atom is -0.399 e. The summed E-state index contributed by atoms with van der Waals surface area (Å²) in [6, 6.07) is 5.16. The molecular weight excluding hydrogens is 320 g/mol. The second-order valence-corrected chi connectivity index (χ2v) is 6.54. The monoisotopic (exact) mass is 336 g/mol. The largest absolute Gasteiger partial charge is 0.399 e. The fourth-order valence-electron chi connectivity index (χ4n) is 3.40. The number of halogens is 1. The molecule has 1 aliphatic heterocycles. The third-order valence-electron chi connectivity index (χ3n) is 4.53. The van der Waals surface area contributed by atoms with Gasteiger partial charge in [-0.05, 0) is 52.9 Å². The number of hydrogen-bond acceptors (Lipinski definition) is 3. The fourth-order valence-corrected chi connectivity index (χ4v) is 3.98. The van der Waals surface area contributed by atoms with Crippen molar-refractivity contribution in [2.24, 2.45) is 17.8 Å². The molecule has 1 saturated carbocycles. The second-order valence-electron chi connectivity index (χ2n) is 5.68. The minimum absolute atomic E-state index is 0.0542. The number of amides is 2. The van der Waals surface area contributed by atoms with E-state index in [0.717, 1.165) is 19.3 Å². The Balaban J connectivity index is 1.94. The zero-order valence-electron chi connectivity index (χ0n) is 11.3. The van der Waals surface area contributed by atoms with Crippen molar-refractivity contribution in [2.75, 3.05) is 10.6 Å². The molecule has 5 heteroatoms. The number of rotatable bonds is 2. The maximum absolute atomic E-state index is 12.5. The van der Waals surface area contributed by atoms with Crippen molar-refractivity contribution in [1.29, 1.82) is 0 Å². The highest BCUT2D eigenvalue weighted by Gasteiger charge is 2.52. The van der Waals surface area contributed by atoms with E-state index in [4.69, 9.17) is 5.73 Å². The molecule has 1 aliphatic carbocycles. The van der Waals surface area contributed by atoms with Crippen LogP contribution in [0.25, 0.3) is 0 Å². The Hall–Kier alpha value is -1.36. The Morgan fingerprint density at radius 1 is 1.25 bits per heavy atom. The van der Waals surface area contributed by atoms with Crippen LogP contribution in [-0.2, 0) is 9.59 Å². The number of imide groups is 1. The number of anilines is 2. The molecule has 1 saturated heterocycles. The highest BCUT2D eigenvalue weighted by atomic mass is 79.9. The average molecular weight is 337 g/mol. The number of benzene rings is 1. The van der Waals surface area contributed by atoms with Crippen LogP contribution in [0.1, 0.15) is 26.2 Å². The molecule has 0 bridgehead atoms. The topological polar surface area (TPSA) is 63.4 Å². The zero-order valence-corrected chi connectivity index (χ0v) is 12.9. The van der Waals surface area contributed by atoms with Gasteiger partial charge in [0.25, 0.3) is 0 Å². The Morgan fingerprint density at radius 2 is 1.85 bits per heavy atom. The van der Waals surface area contributed by atoms with Gasteiger partial charge in [0.15, 0.2) is 0 Å². The molecule has 3 rings (SSSR count). The van der Waals surface area contributed by atoms with Crippen LogP contribution in [0.2, 0.25) is 0 Å². The van der Waals surface area contributed by atoms with Crippen LogP contribution < -0.4 is 10.6 Å². The SMILES string of the molecule is CCC1CC2C(=O)N(c3ccc(N)cc3Br)C(=O)C2C1. The minimum atomic E-state index is -0.128. The Bertz CT molecular complexity index is 563. The maximum atomic E-state index is 12.5. The first-order valence-corrected chi connectivity index (χ1v) is 7.75. The molecule has 1 aromatic rings. The van der Waals surface area contributed by atoms with E-state index in [0.29, 0.717) is 21.8 Å². The summed E-state index contributed by atoms with van der Waals surface area (Å²) >= 11 is 3.39. The van der Waals surface area contributed by atoms with Gasteiger partial charge in [0.05, 0.1) is 17.5 Å². The van der Waals surface area contributed by atoms with Crippen LogP contribution in [0.5, 0.6) is 0 Å². The molecule has 4 nitrogen and oxygen atoms in total. The highest BCUT2D eigenvalue weighted by Crippen LogP contribution is 2.46. The van der Waals surface area contributed by atoms with Crippen molar-refractivity contribution < 1.29 is 9.59 Å². The summed E-state index contributed by atoms with van der Waals surface area (Å²) in [7, 11) is 0. The molecule has 20 heavy (non-hydrogen) atoms. The Morgan fingerprint density at radius 3 is 2.35 bits per heavy atom. The van der Waals surface area contributed by atoms with E-state index in [1.165, 1.54) is 4.90 Å². The normalized spacial score (nSPS) is 29.1. The number of carbonyl (C=O) groups excluding carboxylic acids is 2. The van der Waals surface area contributed by atoms with Gasteiger partial charge in [-0.25, -0.2) is 4.90 Å². The van der Waals surface area contributed by atoms with Crippen molar-refractivity contribution in [1.82, 2.24) is 0 Å². The lowest BCUT2D eigenvalue weighted by Crippen LogP contribution is -2.32. The lowest BCUT2D eigenvalue weighted by molar-refractivity contribution is -0.123. The van der Waals surface area contributed by atoms with Crippen LogP contribution in [0.4, 0.5) is 11.4 Å². The molecule has 2 fully saturated rings. The van der Waals surface area contributed by atoms with Gasteiger partial charge in [-0.1, -0.05) is 13.3 Å². The molecular formula is C15H17BrN2O2. The van der Waals surface area contributed by atoms with Gasteiger partial charge < -0.3 is 5.73 Å². The smallest absolute Gasteiger partial charge is 0.237 e. The molecule has 0 spiro atoms. The van der Waals surface area contributed by atoms with Crippen LogP contribution >= 0.6 is 15.9 Å². The van der Waals surface area contributed by atoms with Crippen molar-refractivity contribution in [2.45, 2.75) is 26.2 Å². The molecule has 2 N–H and O–H groups in total. The number of nitrogen functional groups attached to an aromatic ring is 1. The van der Waals surface area contributed by atoms with Gasteiger partial charge in [0.2, 0.25) is 11.8 Å². The van der Waals surface area contributed by atoms with Crippen LogP contribution in [0, 0.1) is 17.8 Å².